The average molecular weight is 252 g/mol. The van der Waals surface area contributed by atoms with Crippen LogP contribution in [-0.2, 0) is 14.3 Å². The number of hydrogen-bond acceptors (Lipinski definition) is 6. The zero-order valence-electron chi connectivity index (χ0n) is 10.6. The number of nitrogens with one attached hydrogen (secondary N) is 1. The van der Waals surface area contributed by atoms with Crippen molar-refractivity contribution >= 4 is 17.8 Å². The molecule has 1 rings (SSSR count). The number of carbonyl (C=O) groups is 2. The third kappa shape index (κ3) is 3.73. The van der Waals surface area contributed by atoms with Gasteiger partial charge in [-0.15, -0.1) is 0 Å². The number of nitrogens with zero attached hydrogens (tertiary/aromatic N) is 1. The second-order valence-electron chi connectivity index (χ2n) is 3.48. The Bertz CT molecular complexity index is 446. The Morgan fingerprint density at radius 2 is 2.11 bits per heavy atom. The molecule has 98 valence electrons. The van der Waals surface area contributed by atoms with E-state index in [1.54, 1.807) is 26.0 Å². The van der Waals surface area contributed by atoms with E-state index in [1.165, 1.54) is 7.11 Å². The second-order valence-corrected chi connectivity index (χ2v) is 3.48. The fraction of sp³-hybridized carbons (Fsp3) is 0.417. The van der Waals surface area contributed by atoms with Crippen molar-refractivity contribution in [2.24, 2.45) is 0 Å². The molecule has 6 nitrogen and oxygen atoms in total. The summed E-state index contributed by atoms with van der Waals surface area (Å²) in [5.74, 6) is -0.279. The van der Waals surface area contributed by atoms with E-state index in [-0.39, 0.29) is 12.5 Å². The van der Waals surface area contributed by atoms with Gasteiger partial charge in [-0.25, -0.2) is 9.78 Å². The molecule has 18 heavy (non-hydrogen) atoms. The number of anilines is 1. The smallest absolute Gasteiger partial charge is 0.339 e. The van der Waals surface area contributed by atoms with Gasteiger partial charge in [-0.2, -0.15) is 0 Å². The number of hydrogen-bond donors (Lipinski definition) is 1. The minimum Gasteiger partial charge on any atom is -0.465 e. The number of esters is 2. The van der Waals surface area contributed by atoms with E-state index >= 15 is 0 Å². The second kappa shape index (κ2) is 6.58. The van der Waals surface area contributed by atoms with Gasteiger partial charge in [0.05, 0.1) is 25.0 Å². The molecule has 0 saturated heterocycles. The molecular formula is C12H16N2O4. The van der Waals surface area contributed by atoms with E-state index < -0.39 is 5.97 Å². The van der Waals surface area contributed by atoms with Crippen molar-refractivity contribution in [3.8, 4) is 0 Å². The van der Waals surface area contributed by atoms with E-state index in [0.29, 0.717) is 23.7 Å². The summed E-state index contributed by atoms with van der Waals surface area (Å²) in [6.07, 6.45) is 0. The van der Waals surface area contributed by atoms with Crippen LogP contribution in [0.4, 0.5) is 5.82 Å². The zero-order chi connectivity index (χ0) is 13.5. The van der Waals surface area contributed by atoms with E-state index in [1.807, 2.05) is 0 Å². The van der Waals surface area contributed by atoms with Crippen molar-refractivity contribution in [2.45, 2.75) is 13.8 Å². The molecule has 0 fully saturated rings. The third-order valence-corrected chi connectivity index (χ3v) is 2.21. The van der Waals surface area contributed by atoms with Crippen molar-refractivity contribution in [3.05, 3.63) is 23.4 Å². The molecule has 0 spiro atoms. The van der Waals surface area contributed by atoms with Crippen LogP contribution in [-0.4, -0.2) is 37.2 Å². The first-order chi connectivity index (χ1) is 8.58. The van der Waals surface area contributed by atoms with Crippen molar-refractivity contribution in [1.29, 1.82) is 0 Å². The van der Waals surface area contributed by atoms with Crippen LogP contribution in [0.2, 0.25) is 0 Å². The molecule has 1 heterocycles. The normalized spacial score (nSPS) is 9.72. The zero-order valence-corrected chi connectivity index (χ0v) is 10.6. The summed E-state index contributed by atoms with van der Waals surface area (Å²) >= 11 is 0. The van der Waals surface area contributed by atoms with Crippen LogP contribution in [0.3, 0.4) is 0 Å². The highest BCUT2D eigenvalue weighted by Crippen LogP contribution is 2.11. The molecule has 0 aliphatic rings. The Hall–Kier alpha value is -2.11. The van der Waals surface area contributed by atoms with E-state index in [0.717, 1.165) is 0 Å². The van der Waals surface area contributed by atoms with Gasteiger partial charge in [0.2, 0.25) is 0 Å². The fourth-order valence-corrected chi connectivity index (χ4v) is 1.36. The fourth-order valence-electron chi connectivity index (χ4n) is 1.36. The van der Waals surface area contributed by atoms with Gasteiger partial charge < -0.3 is 14.8 Å². The van der Waals surface area contributed by atoms with Gasteiger partial charge in [0.25, 0.3) is 0 Å². The minimum atomic E-state index is -0.433. The number of aryl methyl sites for hydroxylation is 1. The largest absolute Gasteiger partial charge is 0.465 e. The van der Waals surface area contributed by atoms with Crippen LogP contribution in [0.1, 0.15) is 23.0 Å². The van der Waals surface area contributed by atoms with Crippen molar-refractivity contribution in [2.75, 3.05) is 25.6 Å². The molecule has 0 amide bonds. The predicted octanol–water partition coefficient (Wildman–Crippen LogP) is 1.15. The van der Waals surface area contributed by atoms with Gasteiger partial charge >= 0.3 is 11.9 Å². The standard InChI is InChI=1S/C12H16N2O4/c1-4-18-11(15)7-13-10-6-5-9(8(2)14-10)12(16)17-3/h5-6H,4,7H2,1-3H3,(H,13,14). The van der Waals surface area contributed by atoms with Crippen LogP contribution in [0, 0.1) is 6.92 Å². The summed E-state index contributed by atoms with van der Waals surface area (Å²) < 4.78 is 9.38. The highest BCUT2D eigenvalue weighted by molar-refractivity contribution is 5.90. The Kier molecular flexibility index (Phi) is 5.10. The molecule has 0 aliphatic heterocycles. The van der Waals surface area contributed by atoms with Gasteiger partial charge in [-0.3, -0.25) is 4.79 Å². The molecule has 1 aromatic rings. The molecule has 0 aliphatic carbocycles. The van der Waals surface area contributed by atoms with Gasteiger partial charge in [-0.05, 0) is 26.0 Å². The highest BCUT2D eigenvalue weighted by Gasteiger charge is 2.11. The topological polar surface area (TPSA) is 77.5 Å². The Labute approximate surface area is 105 Å². The lowest BCUT2D eigenvalue weighted by Crippen LogP contribution is -2.17. The number of carbonyl (C=O) groups excluding carboxylic acids is 2. The molecule has 0 saturated carbocycles. The van der Waals surface area contributed by atoms with Crippen LogP contribution in [0.5, 0.6) is 0 Å². The number of methoxy groups -OCH3 is 1. The summed E-state index contributed by atoms with van der Waals surface area (Å²) in [5, 5.41) is 2.82. The summed E-state index contributed by atoms with van der Waals surface area (Å²) in [6, 6.07) is 3.21. The van der Waals surface area contributed by atoms with Gasteiger partial charge in [0.1, 0.15) is 12.4 Å². The molecule has 0 bridgehead atoms. The van der Waals surface area contributed by atoms with Gasteiger partial charge in [-0.1, -0.05) is 0 Å². The van der Waals surface area contributed by atoms with E-state index in [4.69, 9.17) is 4.74 Å². The van der Waals surface area contributed by atoms with Crippen LogP contribution in [0.25, 0.3) is 0 Å². The quantitative estimate of drug-likeness (QED) is 0.792. The number of ether oxygens (including phenoxy) is 2. The van der Waals surface area contributed by atoms with Gasteiger partial charge in [0.15, 0.2) is 0 Å². The lowest BCUT2D eigenvalue weighted by atomic mass is 10.2. The Morgan fingerprint density at radius 1 is 1.39 bits per heavy atom. The minimum absolute atomic E-state index is 0.0395. The molecule has 6 heteroatoms. The number of rotatable bonds is 5. The van der Waals surface area contributed by atoms with Crippen LogP contribution in [0.15, 0.2) is 12.1 Å². The first-order valence-corrected chi connectivity index (χ1v) is 5.54. The summed E-state index contributed by atoms with van der Waals surface area (Å²) in [4.78, 5) is 26.6. The highest BCUT2D eigenvalue weighted by atomic mass is 16.5. The lowest BCUT2D eigenvalue weighted by Gasteiger charge is -2.08. The van der Waals surface area contributed by atoms with E-state index in [9.17, 15) is 9.59 Å². The molecule has 0 aromatic carbocycles. The first kappa shape index (κ1) is 14.0. The monoisotopic (exact) mass is 252 g/mol. The molecule has 1 aromatic heterocycles. The average Bonchev–Trinajstić information content (AvgIpc) is 2.36. The van der Waals surface area contributed by atoms with Crippen molar-refractivity contribution < 1.29 is 19.1 Å². The maximum atomic E-state index is 11.3. The summed E-state index contributed by atoms with van der Waals surface area (Å²) in [7, 11) is 1.31. The predicted molar refractivity (Wildman–Crippen MR) is 65.4 cm³/mol. The van der Waals surface area contributed by atoms with E-state index in [2.05, 4.69) is 15.0 Å². The molecule has 0 radical (unpaired) electrons. The lowest BCUT2D eigenvalue weighted by molar-refractivity contribution is -0.140. The number of pyridine rings is 1. The molecule has 1 N–H and O–H groups in total. The molecular weight excluding hydrogens is 236 g/mol. The Balaban J connectivity index is 2.67. The maximum absolute atomic E-state index is 11.3. The first-order valence-electron chi connectivity index (χ1n) is 5.54. The summed E-state index contributed by atoms with van der Waals surface area (Å²) in [5.41, 5.74) is 0.940. The van der Waals surface area contributed by atoms with Crippen LogP contribution < -0.4 is 5.32 Å². The summed E-state index contributed by atoms with van der Waals surface area (Å²) in [6.45, 7) is 3.82. The van der Waals surface area contributed by atoms with Gasteiger partial charge in [0, 0.05) is 0 Å². The van der Waals surface area contributed by atoms with Crippen molar-refractivity contribution in [1.82, 2.24) is 4.98 Å². The van der Waals surface area contributed by atoms with Crippen LogP contribution >= 0.6 is 0 Å². The SMILES string of the molecule is CCOC(=O)CNc1ccc(C(=O)OC)c(C)n1. The maximum Gasteiger partial charge on any atom is 0.339 e. The molecule has 0 atom stereocenters. The number of aromatic nitrogens is 1. The third-order valence-electron chi connectivity index (χ3n) is 2.21. The Morgan fingerprint density at radius 3 is 2.67 bits per heavy atom. The molecule has 0 unspecified atom stereocenters. The van der Waals surface area contributed by atoms with Crippen molar-refractivity contribution in [3.63, 3.8) is 0 Å².